The van der Waals surface area contributed by atoms with Gasteiger partial charge in [-0.3, -0.25) is 0 Å². The molecule has 3 heteroatoms. The first kappa shape index (κ1) is 12.1. The molecule has 0 atom stereocenters. The van der Waals surface area contributed by atoms with Crippen LogP contribution in [0.5, 0.6) is 0 Å². The maximum absolute atomic E-state index is 8.83. The SMILES string of the molecule is [C-]#[N+]/C(C#N)=C1/C=C(C)OC(C(C)(C)C)=C1. The van der Waals surface area contributed by atoms with Gasteiger partial charge in [-0.1, -0.05) is 20.8 Å². The van der Waals surface area contributed by atoms with Crippen molar-refractivity contribution in [2.45, 2.75) is 27.7 Å². The molecule has 3 nitrogen and oxygen atoms in total. The molecule has 0 fully saturated rings. The minimum absolute atomic E-state index is 0.101. The highest BCUT2D eigenvalue weighted by Gasteiger charge is 2.23. The summed E-state index contributed by atoms with van der Waals surface area (Å²) in [5.41, 5.74) is 0.596. The number of hydrogen-bond acceptors (Lipinski definition) is 2. The number of nitrogens with zero attached hydrogens (tertiary/aromatic N) is 2. The Morgan fingerprint density at radius 2 is 2.06 bits per heavy atom. The summed E-state index contributed by atoms with van der Waals surface area (Å²) >= 11 is 0. The average molecular weight is 214 g/mol. The number of hydrogen-bond donors (Lipinski definition) is 0. The first-order valence-corrected chi connectivity index (χ1v) is 4.98. The van der Waals surface area contributed by atoms with Crippen molar-refractivity contribution in [1.29, 1.82) is 5.26 Å². The zero-order valence-corrected chi connectivity index (χ0v) is 9.96. The van der Waals surface area contributed by atoms with Gasteiger partial charge in [0.05, 0.1) is 18.4 Å². The van der Waals surface area contributed by atoms with Crippen molar-refractivity contribution in [3.8, 4) is 6.07 Å². The zero-order valence-electron chi connectivity index (χ0n) is 9.96. The van der Waals surface area contributed by atoms with Gasteiger partial charge < -0.3 is 4.74 Å². The molecule has 0 saturated heterocycles. The number of nitriles is 1. The molecule has 0 aliphatic carbocycles. The van der Waals surface area contributed by atoms with Gasteiger partial charge in [-0.25, -0.2) is 10.1 Å². The molecule has 0 spiro atoms. The maximum Gasteiger partial charge on any atom is 0.269 e. The number of rotatable bonds is 0. The molecule has 0 unspecified atom stereocenters. The average Bonchev–Trinajstić information content (AvgIpc) is 2.17. The first-order chi connectivity index (χ1) is 7.38. The molecular formula is C13H14N2O. The molecule has 0 amide bonds. The lowest BCUT2D eigenvalue weighted by atomic mass is 9.91. The first-order valence-electron chi connectivity index (χ1n) is 4.98. The molecule has 1 aliphatic rings. The minimum atomic E-state index is -0.136. The van der Waals surface area contributed by atoms with E-state index in [1.54, 1.807) is 12.2 Å². The monoisotopic (exact) mass is 214 g/mol. The zero-order chi connectivity index (χ0) is 12.3. The molecule has 1 aliphatic heterocycles. The van der Waals surface area contributed by atoms with Gasteiger partial charge in [0.25, 0.3) is 5.70 Å². The van der Waals surface area contributed by atoms with E-state index in [-0.39, 0.29) is 11.1 Å². The van der Waals surface area contributed by atoms with E-state index >= 15 is 0 Å². The van der Waals surface area contributed by atoms with Crippen LogP contribution in [0.2, 0.25) is 0 Å². The Morgan fingerprint density at radius 1 is 1.44 bits per heavy atom. The molecule has 0 aromatic carbocycles. The Hall–Kier alpha value is -2.00. The van der Waals surface area contributed by atoms with Crippen molar-refractivity contribution in [1.82, 2.24) is 0 Å². The molecule has 16 heavy (non-hydrogen) atoms. The second-order valence-electron chi connectivity index (χ2n) is 4.64. The van der Waals surface area contributed by atoms with Gasteiger partial charge in [0.15, 0.2) is 0 Å². The molecular weight excluding hydrogens is 200 g/mol. The lowest BCUT2D eigenvalue weighted by molar-refractivity contribution is 0.215. The summed E-state index contributed by atoms with van der Waals surface area (Å²) < 4.78 is 5.60. The molecule has 82 valence electrons. The van der Waals surface area contributed by atoms with Gasteiger partial charge in [0.2, 0.25) is 0 Å². The van der Waals surface area contributed by atoms with Crippen LogP contribution < -0.4 is 0 Å². The van der Waals surface area contributed by atoms with Gasteiger partial charge in [0, 0.05) is 5.41 Å². The maximum atomic E-state index is 8.83. The van der Waals surface area contributed by atoms with Crippen LogP contribution in [0, 0.1) is 23.3 Å². The van der Waals surface area contributed by atoms with Gasteiger partial charge in [-0.15, -0.1) is 0 Å². The van der Waals surface area contributed by atoms with Crippen LogP contribution in [0.15, 0.2) is 34.9 Å². The molecule has 1 rings (SSSR count). The fourth-order valence-electron chi connectivity index (χ4n) is 1.29. The molecule has 0 bridgehead atoms. The second kappa shape index (κ2) is 4.24. The second-order valence-corrected chi connectivity index (χ2v) is 4.64. The highest BCUT2D eigenvalue weighted by Crippen LogP contribution is 2.33. The Kier molecular flexibility index (Phi) is 3.20. The smallest absolute Gasteiger partial charge is 0.269 e. The number of allylic oxidation sites excluding steroid dienone is 6. The van der Waals surface area contributed by atoms with Crippen LogP contribution in [0.4, 0.5) is 0 Å². The van der Waals surface area contributed by atoms with Crippen molar-refractivity contribution >= 4 is 0 Å². The molecule has 0 aromatic rings. The van der Waals surface area contributed by atoms with E-state index in [0.29, 0.717) is 11.3 Å². The predicted molar refractivity (Wildman–Crippen MR) is 61.6 cm³/mol. The summed E-state index contributed by atoms with van der Waals surface area (Å²) in [6.45, 7) is 14.8. The van der Waals surface area contributed by atoms with Gasteiger partial charge in [0.1, 0.15) is 5.76 Å². The third kappa shape index (κ3) is 2.52. The van der Waals surface area contributed by atoms with Crippen LogP contribution in [0.1, 0.15) is 27.7 Å². The van der Waals surface area contributed by atoms with Crippen LogP contribution in [0.25, 0.3) is 4.85 Å². The number of ether oxygens (including phenoxy) is 1. The van der Waals surface area contributed by atoms with Crippen molar-refractivity contribution in [2.24, 2.45) is 5.41 Å². The molecule has 0 N–H and O–H groups in total. The van der Waals surface area contributed by atoms with Gasteiger partial charge in [-0.05, 0) is 24.6 Å². The highest BCUT2D eigenvalue weighted by atomic mass is 16.5. The van der Waals surface area contributed by atoms with E-state index in [4.69, 9.17) is 16.6 Å². The highest BCUT2D eigenvalue weighted by molar-refractivity contribution is 5.48. The standard InChI is InChI=1S/C13H14N2O/c1-9-6-10(11(8-14)15-5)7-12(16-9)13(2,3)4/h6-7H,1-4H3/b11-10-. The normalized spacial score (nSPS) is 18.6. The van der Waals surface area contributed by atoms with E-state index in [1.807, 2.05) is 33.8 Å². The summed E-state index contributed by atoms with van der Waals surface area (Å²) in [6, 6.07) is 1.89. The van der Waals surface area contributed by atoms with Crippen molar-refractivity contribution in [3.05, 3.63) is 46.4 Å². The fraction of sp³-hybridized carbons (Fsp3) is 0.385. The lowest BCUT2D eigenvalue weighted by Gasteiger charge is -2.26. The van der Waals surface area contributed by atoms with Gasteiger partial charge >= 0.3 is 0 Å². The Balaban J connectivity index is 3.30. The van der Waals surface area contributed by atoms with E-state index in [1.165, 1.54) is 0 Å². The minimum Gasteiger partial charge on any atom is -0.466 e. The van der Waals surface area contributed by atoms with Crippen LogP contribution >= 0.6 is 0 Å². The summed E-state index contributed by atoms with van der Waals surface area (Å²) in [5.74, 6) is 1.48. The van der Waals surface area contributed by atoms with E-state index in [0.717, 1.165) is 5.76 Å². The summed E-state index contributed by atoms with van der Waals surface area (Å²) in [7, 11) is 0. The van der Waals surface area contributed by atoms with Gasteiger partial charge in [-0.2, -0.15) is 0 Å². The molecule has 1 heterocycles. The Bertz CT molecular complexity index is 458. The lowest BCUT2D eigenvalue weighted by Crippen LogP contribution is -2.14. The largest absolute Gasteiger partial charge is 0.466 e. The summed E-state index contributed by atoms with van der Waals surface area (Å²) in [5, 5.41) is 8.83. The van der Waals surface area contributed by atoms with Crippen molar-refractivity contribution < 1.29 is 4.74 Å². The van der Waals surface area contributed by atoms with Crippen LogP contribution in [-0.2, 0) is 4.74 Å². The van der Waals surface area contributed by atoms with E-state index in [9.17, 15) is 0 Å². The third-order valence-electron chi connectivity index (χ3n) is 2.15. The molecule has 0 aromatic heterocycles. The van der Waals surface area contributed by atoms with E-state index in [2.05, 4.69) is 4.85 Å². The van der Waals surface area contributed by atoms with E-state index < -0.39 is 0 Å². The molecule has 0 saturated carbocycles. The topological polar surface area (TPSA) is 37.4 Å². The Labute approximate surface area is 96.2 Å². The summed E-state index contributed by atoms with van der Waals surface area (Å²) in [6.07, 6.45) is 3.48. The quantitative estimate of drug-likeness (QED) is 0.457. The van der Waals surface area contributed by atoms with Crippen LogP contribution in [-0.4, -0.2) is 0 Å². The molecule has 0 radical (unpaired) electrons. The van der Waals surface area contributed by atoms with Crippen molar-refractivity contribution in [2.75, 3.05) is 0 Å². The van der Waals surface area contributed by atoms with Crippen LogP contribution in [0.3, 0.4) is 0 Å². The fourth-order valence-corrected chi connectivity index (χ4v) is 1.29. The Morgan fingerprint density at radius 3 is 2.50 bits per heavy atom. The summed E-state index contributed by atoms with van der Waals surface area (Å²) in [4.78, 5) is 3.20. The third-order valence-corrected chi connectivity index (χ3v) is 2.15. The predicted octanol–water partition coefficient (Wildman–Crippen LogP) is 3.55. The van der Waals surface area contributed by atoms with Crippen molar-refractivity contribution in [3.63, 3.8) is 0 Å².